The maximum absolute atomic E-state index is 11.2. The number of hydrogen-bond acceptors (Lipinski definition) is 6. The number of aliphatic hydroxyl groups is 2. The van der Waals surface area contributed by atoms with Crippen molar-refractivity contribution < 1.29 is 19.9 Å². The Balaban J connectivity index is 2.19. The first-order valence-electron chi connectivity index (χ1n) is 7.18. The molecule has 0 heterocycles. The third-order valence-corrected chi connectivity index (χ3v) is 3.84. The van der Waals surface area contributed by atoms with Crippen molar-refractivity contribution >= 4 is 27.3 Å². The van der Waals surface area contributed by atoms with E-state index < -0.39 is 17.6 Å². The number of ether oxygens (including phenoxy) is 1. The Labute approximate surface area is 147 Å². The van der Waals surface area contributed by atoms with E-state index in [9.17, 15) is 15.2 Å². The zero-order chi connectivity index (χ0) is 17.5. The van der Waals surface area contributed by atoms with Crippen molar-refractivity contribution in [2.24, 2.45) is 0 Å². The van der Waals surface area contributed by atoms with Gasteiger partial charge in [0.1, 0.15) is 18.0 Å². The number of anilines is 1. The second kappa shape index (κ2) is 8.62. The largest absolute Gasteiger partial charge is 0.488 e. The molecule has 0 saturated carbocycles. The van der Waals surface area contributed by atoms with Crippen molar-refractivity contribution in [3.05, 3.63) is 62.6 Å². The Hall–Kier alpha value is -2.16. The summed E-state index contributed by atoms with van der Waals surface area (Å²) in [7, 11) is 0. The van der Waals surface area contributed by atoms with Crippen molar-refractivity contribution in [3.8, 4) is 5.75 Å². The van der Waals surface area contributed by atoms with E-state index in [2.05, 4.69) is 21.2 Å². The van der Waals surface area contributed by atoms with Crippen molar-refractivity contribution in [1.82, 2.24) is 0 Å². The SMILES string of the molecule is O=[N+]([O-])c1cc(Br)c(OCc2ccccc2)cc1NCC(O)CO. The summed E-state index contributed by atoms with van der Waals surface area (Å²) in [5.74, 6) is 0.436. The van der Waals surface area contributed by atoms with E-state index in [0.717, 1.165) is 5.56 Å². The van der Waals surface area contributed by atoms with E-state index in [-0.39, 0.29) is 17.9 Å². The zero-order valence-electron chi connectivity index (χ0n) is 12.7. The van der Waals surface area contributed by atoms with Crippen LogP contribution in [-0.4, -0.2) is 34.4 Å². The van der Waals surface area contributed by atoms with Crippen LogP contribution in [0.15, 0.2) is 46.9 Å². The van der Waals surface area contributed by atoms with Crippen molar-refractivity contribution in [1.29, 1.82) is 0 Å². The number of aliphatic hydroxyl groups excluding tert-OH is 2. The van der Waals surface area contributed by atoms with Gasteiger partial charge in [-0.15, -0.1) is 0 Å². The predicted octanol–water partition coefficient (Wildman–Crippen LogP) is 2.70. The molecule has 0 aliphatic heterocycles. The molecule has 0 saturated heterocycles. The van der Waals surface area contributed by atoms with Gasteiger partial charge in [-0.2, -0.15) is 0 Å². The average Bonchev–Trinajstić information content (AvgIpc) is 2.59. The molecule has 2 aromatic carbocycles. The molecule has 24 heavy (non-hydrogen) atoms. The van der Waals surface area contributed by atoms with Crippen LogP contribution in [0.1, 0.15) is 5.56 Å². The minimum absolute atomic E-state index is 0.0168. The van der Waals surface area contributed by atoms with Crippen LogP contribution in [0.5, 0.6) is 5.75 Å². The van der Waals surface area contributed by atoms with Gasteiger partial charge in [-0.3, -0.25) is 10.1 Å². The van der Waals surface area contributed by atoms with Crippen LogP contribution < -0.4 is 10.1 Å². The fourth-order valence-electron chi connectivity index (χ4n) is 1.97. The molecular weight excluding hydrogens is 380 g/mol. The van der Waals surface area contributed by atoms with Crippen LogP contribution in [0.3, 0.4) is 0 Å². The number of rotatable bonds is 8. The lowest BCUT2D eigenvalue weighted by molar-refractivity contribution is -0.384. The number of nitro groups is 1. The molecule has 0 fully saturated rings. The van der Waals surface area contributed by atoms with E-state index in [0.29, 0.717) is 16.8 Å². The number of benzene rings is 2. The lowest BCUT2D eigenvalue weighted by atomic mass is 10.2. The maximum atomic E-state index is 11.2. The van der Waals surface area contributed by atoms with Gasteiger partial charge in [-0.1, -0.05) is 30.3 Å². The third kappa shape index (κ3) is 4.92. The van der Waals surface area contributed by atoms with Crippen molar-refractivity contribution in [2.45, 2.75) is 12.7 Å². The molecule has 128 valence electrons. The molecule has 0 aliphatic rings. The van der Waals surface area contributed by atoms with Crippen LogP contribution in [0.4, 0.5) is 11.4 Å². The fourth-order valence-corrected chi connectivity index (χ4v) is 2.42. The van der Waals surface area contributed by atoms with Gasteiger partial charge >= 0.3 is 0 Å². The highest BCUT2D eigenvalue weighted by Gasteiger charge is 2.19. The summed E-state index contributed by atoms with van der Waals surface area (Å²) in [6.07, 6.45) is -1.01. The molecular formula is C16H17BrN2O5. The molecule has 0 bridgehead atoms. The molecule has 1 unspecified atom stereocenters. The second-order valence-corrected chi connectivity index (χ2v) is 5.90. The van der Waals surface area contributed by atoms with Gasteiger partial charge in [-0.25, -0.2) is 0 Å². The molecule has 7 nitrogen and oxygen atoms in total. The molecule has 0 aliphatic carbocycles. The monoisotopic (exact) mass is 396 g/mol. The normalized spacial score (nSPS) is 11.8. The first-order valence-corrected chi connectivity index (χ1v) is 7.98. The Morgan fingerprint density at radius 3 is 2.62 bits per heavy atom. The molecule has 0 radical (unpaired) electrons. The molecule has 2 rings (SSSR count). The zero-order valence-corrected chi connectivity index (χ0v) is 14.3. The quantitative estimate of drug-likeness (QED) is 0.467. The van der Waals surface area contributed by atoms with Gasteiger partial charge in [0, 0.05) is 18.7 Å². The summed E-state index contributed by atoms with van der Waals surface area (Å²) in [5, 5.41) is 32.2. The Kier molecular flexibility index (Phi) is 6.53. The number of nitro benzene ring substituents is 1. The lowest BCUT2D eigenvalue weighted by Gasteiger charge is -2.14. The van der Waals surface area contributed by atoms with Gasteiger partial charge in [-0.05, 0) is 21.5 Å². The summed E-state index contributed by atoms with van der Waals surface area (Å²) in [6.45, 7) is -0.137. The summed E-state index contributed by atoms with van der Waals surface area (Å²) >= 11 is 3.27. The van der Waals surface area contributed by atoms with E-state index >= 15 is 0 Å². The van der Waals surface area contributed by atoms with Gasteiger partial charge in [0.05, 0.1) is 22.1 Å². The van der Waals surface area contributed by atoms with Crippen LogP contribution in [0.25, 0.3) is 0 Å². The second-order valence-electron chi connectivity index (χ2n) is 5.05. The number of hydrogen-bond donors (Lipinski definition) is 3. The highest BCUT2D eigenvalue weighted by atomic mass is 79.9. The standard InChI is InChI=1S/C16H17BrN2O5/c17-13-6-15(19(22)23)14(18-8-12(21)9-20)7-16(13)24-10-11-4-2-1-3-5-11/h1-7,12,18,20-21H,8-10H2. The van der Waals surface area contributed by atoms with E-state index in [1.54, 1.807) is 0 Å². The van der Waals surface area contributed by atoms with Gasteiger partial charge in [0.15, 0.2) is 0 Å². The summed E-state index contributed by atoms with van der Waals surface area (Å²) in [5.41, 5.74) is 1.02. The Morgan fingerprint density at radius 1 is 1.29 bits per heavy atom. The van der Waals surface area contributed by atoms with Crippen LogP contribution in [0.2, 0.25) is 0 Å². The van der Waals surface area contributed by atoms with Gasteiger partial charge < -0.3 is 20.3 Å². The third-order valence-electron chi connectivity index (χ3n) is 3.22. The molecule has 0 amide bonds. The number of halogens is 1. The number of nitrogens with one attached hydrogen (secondary N) is 1. The van der Waals surface area contributed by atoms with E-state index in [1.807, 2.05) is 30.3 Å². The predicted molar refractivity (Wildman–Crippen MR) is 93.2 cm³/mol. The van der Waals surface area contributed by atoms with Crippen LogP contribution >= 0.6 is 15.9 Å². The average molecular weight is 397 g/mol. The van der Waals surface area contributed by atoms with Gasteiger partial charge in [0.25, 0.3) is 5.69 Å². The molecule has 0 spiro atoms. The van der Waals surface area contributed by atoms with E-state index in [1.165, 1.54) is 12.1 Å². The van der Waals surface area contributed by atoms with Crippen molar-refractivity contribution in [2.75, 3.05) is 18.5 Å². The Bertz CT molecular complexity index is 696. The summed E-state index contributed by atoms with van der Waals surface area (Å²) in [6, 6.07) is 12.4. The summed E-state index contributed by atoms with van der Waals surface area (Å²) < 4.78 is 6.17. The topological polar surface area (TPSA) is 105 Å². The molecule has 0 aromatic heterocycles. The molecule has 3 N–H and O–H groups in total. The van der Waals surface area contributed by atoms with Crippen LogP contribution in [0, 0.1) is 10.1 Å². The molecule has 1 atom stereocenters. The number of nitrogens with zero attached hydrogens (tertiary/aromatic N) is 1. The Morgan fingerprint density at radius 2 is 2.00 bits per heavy atom. The lowest BCUT2D eigenvalue weighted by Crippen LogP contribution is -2.23. The highest BCUT2D eigenvalue weighted by molar-refractivity contribution is 9.10. The molecule has 8 heteroatoms. The smallest absolute Gasteiger partial charge is 0.293 e. The molecule has 2 aromatic rings. The minimum atomic E-state index is -1.01. The minimum Gasteiger partial charge on any atom is -0.488 e. The first-order chi connectivity index (χ1) is 11.5. The van der Waals surface area contributed by atoms with E-state index in [4.69, 9.17) is 9.84 Å². The van der Waals surface area contributed by atoms with Crippen molar-refractivity contribution in [3.63, 3.8) is 0 Å². The highest BCUT2D eigenvalue weighted by Crippen LogP contribution is 2.36. The maximum Gasteiger partial charge on any atom is 0.293 e. The van der Waals surface area contributed by atoms with Crippen LogP contribution in [-0.2, 0) is 6.61 Å². The summed E-state index contributed by atoms with van der Waals surface area (Å²) in [4.78, 5) is 10.6. The first kappa shape index (κ1) is 18.2. The van der Waals surface area contributed by atoms with Gasteiger partial charge in [0.2, 0.25) is 0 Å². The fraction of sp³-hybridized carbons (Fsp3) is 0.250.